The third kappa shape index (κ3) is 1.80. The molecule has 0 amide bonds. The highest BCUT2D eigenvalue weighted by Crippen LogP contribution is 2.40. The Morgan fingerprint density at radius 2 is 1.28 bits per heavy atom. The lowest BCUT2D eigenvalue weighted by Gasteiger charge is -2.20. The summed E-state index contributed by atoms with van der Waals surface area (Å²) in [6.45, 7) is 2.04. The zero-order valence-electron chi connectivity index (χ0n) is 16.8. The maximum absolute atomic E-state index is 5.10. The molecule has 8 rings (SSSR count). The third-order valence-electron chi connectivity index (χ3n) is 6.42. The lowest BCUT2D eigenvalue weighted by atomic mass is 9.78. The van der Waals surface area contributed by atoms with E-state index in [2.05, 4.69) is 30.7 Å². The van der Waals surface area contributed by atoms with Gasteiger partial charge >= 0.3 is 6.98 Å². The first-order valence-corrected chi connectivity index (χ1v) is 10.3. The van der Waals surface area contributed by atoms with Crippen LogP contribution in [0.1, 0.15) is 11.1 Å². The number of rotatable bonds is 0. The van der Waals surface area contributed by atoms with E-state index in [4.69, 9.17) is 20.0 Å². The van der Waals surface area contributed by atoms with Crippen LogP contribution in [0.5, 0.6) is 0 Å². The van der Waals surface area contributed by atoms with Gasteiger partial charge in [-0.15, -0.1) is 0 Å². The minimum atomic E-state index is -0.102. The summed E-state index contributed by atoms with van der Waals surface area (Å²) in [5, 5.41) is 3.89. The van der Waals surface area contributed by atoms with Crippen LogP contribution in [-0.4, -0.2) is 42.6 Å². The first kappa shape index (κ1) is 16.3. The van der Waals surface area contributed by atoms with Crippen LogP contribution in [0.2, 0.25) is 6.82 Å². The largest absolute Gasteiger partial charge is 0.386 e. The molecule has 148 valence electrons. The normalized spacial score (nSPS) is 15.2. The first-order chi connectivity index (χ1) is 15.8. The first-order valence-electron chi connectivity index (χ1n) is 10.3. The highest BCUT2D eigenvalue weighted by molar-refractivity contribution is 6.56. The molecule has 9 nitrogen and oxygen atoms in total. The lowest BCUT2D eigenvalue weighted by Crippen LogP contribution is -2.46. The second kappa shape index (κ2) is 5.41. The van der Waals surface area contributed by atoms with Crippen molar-refractivity contribution in [3.8, 4) is 0 Å². The van der Waals surface area contributed by atoms with Crippen molar-refractivity contribution in [1.29, 1.82) is 0 Å². The van der Waals surface area contributed by atoms with E-state index in [0.29, 0.717) is 11.7 Å². The van der Waals surface area contributed by atoms with E-state index in [1.54, 1.807) is 24.8 Å². The molecular formula is C22H12BN9. The molecule has 0 spiro atoms. The van der Waals surface area contributed by atoms with Gasteiger partial charge in [-0.1, -0.05) is 0 Å². The molecule has 5 aromatic rings. The van der Waals surface area contributed by atoms with Crippen molar-refractivity contribution in [3.63, 3.8) is 0 Å². The summed E-state index contributed by atoms with van der Waals surface area (Å²) in [5.74, 6) is 2.87. The second-order valence-corrected chi connectivity index (χ2v) is 8.02. The van der Waals surface area contributed by atoms with Crippen molar-refractivity contribution in [2.75, 3.05) is 0 Å². The molecule has 10 heteroatoms. The topological polar surface area (TPSA) is 98.0 Å². The van der Waals surface area contributed by atoms with Crippen LogP contribution in [0.4, 0.5) is 11.6 Å². The van der Waals surface area contributed by atoms with Crippen molar-refractivity contribution in [2.24, 2.45) is 20.0 Å². The molecule has 3 aliphatic rings. The van der Waals surface area contributed by atoms with Crippen molar-refractivity contribution in [2.45, 2.75) is 6.82 Å². The van der Waals surface area contributed by atoms with Crippen LogP contribution in [-0.2, 0) is 0 Å². The number of aromatic nitrogens is 5. The number of hydrogen-bond donors (Lipinski definition) is 0. The average molecular weight is 413 g/mol. The van der Waals surface area contributed by atoms with Gasteiger partial charge < -0.3 is 8.96 Å². The number of aliphatic imine (C=N–C) groups is 2. The Morgan fingerprint density at radius 3 is 2.19 bits per heavy atom. The maximum Gasteiger partial charge on any atom is 0.386 e. The highest BCUT2D eigenvalue weighted by Gasteiger charge is 2.33. The van der Waals surface area contributed by atoms with Crippen molar-refractivity contribution >= 4 is 51.8 Å². The molecule has 0 saturated heterocycles. The predicted molar refractivity (Wildman–Crippen MR) is 121 cm³/mol. The van der Waals surface area contributed by atoms with Gasteiger partial charge in [-0.3, -0.25) is 15.0 Å². The van der Waals surface area contributed by atoms with Gasteiger partial charge in [-0.25, -0.2) is 20.0 Å². The smallest absolute Gasteiger partial charge is 0.333 e. The van der Waals surface area contributed by atoms with Crippen molar-refractivity contribution < 1.29 is 0 Å². The molecule has 0 unspecified atom stereocenters. The summed E-state index contributed by atoms with van der Waals surface area (Å²) >= 11 is 0. The molecule has 5 aromatic heterocycles. The number of pyridine rings is 3. The Kier molecular flexibility index (Phi) is 2.75. The van der Waals surface area contributed by atoms with E-state index in [1.807, 2.05) is 30.6 Å². The van der Waals surface area contributed by atoms with Crippen molar-refractivity contribution in [3.05, 3.63) is 77.5 Å². The van der Waals surface area contributed by atoms with Crippen LogP contribution in [0.15, 0.2) is 75.3 Å². The number of nitrogens with zero attached hydrogens (tertiary/aromatic N) is 9. The van der Waals surface area contributed by atoms with E-state index in [-0.39, 0.29) is 6.98 Å². The quantitative estimate of drug-likeness (QED) is 0.364. The summed E-state index contributed by atoms with van der Waals surface area (Å²) in [4.78, 5) is 33.1. The van der Waals surface area contributed by atoms with E-state index < -0.39 is 0 Å². The minimum Gasteiger partial charge on any atom is -0.333 e. The summed E-state index contributed by atoms with van der Waals surface area (Å²) < 4.78 is 4.30. The summed E-state index contributed by atoms with van der Waals surface area (Å²) in [6.07, 6.45) is 10.8. The monoisotopic (exact) mass is 413 g/mol. The molecule has 8 heterocycles. The minimum absolute atomic E-state index is 0.102. The van der Waals surface area contributed by atoms with Gasteiger partial charge in [0.1, 0.15) is 22.6 Å². The van der Waals surface area contributed by atoms with Crippen LogP contribution in [0.3, 0.4) is 0 Å². The van der Waals surface area contributed by atoms with Gasteiger partial charge in [-0.2, -0.15) is 0 Å². The second-order valence-electron chi connectivity index (χ2n) is 8.02. The van der Waals surface area contributed by atoms with Crippen molar-refractivity contribution in [1.82, 2.24) is 23.9 Å². The van der Waals surface area contributed by atoms with E-state index in [0.717, 1.165) is 55.3 Å². The molecule has 0 fully saturated rings. The van der Waals surface area contributed by atoms with E-state index >= 15 is 0 Å². The molecule has 0 aliphatic carbocycles. The molecule has 0 radical (unpaired) electrons. The van der Waals surface area contributed by atoms with Gasteiger partial charge in [0, 0.05) is 69.9 Å². The van der Waals surface area contributed by atoms with Gasteiger partial charge in [0.05, 0.1) is 0 Å². The maximum atomic E-state index is 5.10. The van der Waals surface area contributed by atoms with Gasteiger partial charge in [-0.05, 0) is 25.0 Å². The third-order valence-corrected chi connectivity index (χ3v) is 6.42. The molecule has 32 heavy (non-hydrogen) atoms. The number of hydrogen-bond acceptors (Lipinski definition) is 7. The van der Waals surface area contributed by atoms with E-state index in [9.17, 15) is 0 Å². The molecule has 4 bridgehead atoms. The zero-order chi connectivity index (χ0) is 21.0. The van der Waals surface area contributed by atoms with Crippen LogP contribution in [0.25, 0.3) is 21.5 Å². The molecule has 0 N–H and O–H groups in total. The van der Waals surface area contributed by atoms with Gasteiger partial charge in [0.25, 0.3) is 0 Å². The SMILES string of the molecule is CB1n2c3c4ccncc4c2N=c2c4cnccc4c(n21)=NC1=NC(=N3)c2cnccc21. The van der Waals surface area contributed by atoms with Crippen LogP contribution in [0, 0.1) is 0 Å². The fraction of sp³-hybridized carbons (Fsp3) is 0.0455. The molecular weight excluding hydrogens is 401 g/mol. The number of fused-ring (bicyclic) bond motifs is 10. The lowest BCUT2D eigenvalue weighted by molar-refractivity contribution is 0.920. The standard InChI is InChI=1S/C22H12BN9/c1-23-31-19-12-3-6-25-9-15(12)21(31)30-22-16-10-26-7-4-13(16)20(32(22)23)29-18-14-8-24-5-2-11(14)17(27-18)28-19/h2-10H,1H3. The number of amidine groups is 2. The average Bonchev–Trinajstić information content (AvgIpc) is 3.45. The Bertz CT molecular complexity index is 1860. The van der Waals surface area contributed by atoms with Crippen LogP contribution >= 0.6 is 0 Å². The summed E-state index contributed by atoms with van der Waals surface area (Å²) in [7, 11) is 0. The molecule has 0 saturated carbocycles. The van der Waals surface area contributed by atoms with Gasteiger partial charge in [0.15, 0.2) is 11.7 Å². The summed E-state index contributed by atoms with van der Waals surface area (Å²) in [5.41, 5.74) is 3.44. The zero-order valence-corrected chi connectivity index (χ0v) is 16.8. The Labute approximate surface area is 180 Å². The predicted octanol–water partition coefficient (Wildman–Crippen LogP) is 2.03. The Morgan fingerprint density at radius 1 is 0.594 bits per heavy atom. The van der Waals surface area contributed by atoms with E-state index in [1.165, 1.54) is 0 Å². The summed E-state index contributed by atoms with van der Waals surface area (Å²) in [6, 6.07) is 5.91. The molecule has 0 aromatic carbocycles. The fourth-order valence-corrected chi connectivity index (χ4v) is 4.99. The Balaban J connectivity index is 1.69. The highest BCUT2D eigenvalue weighted by atomic mass is 15.2. The molecule has 3 aliphatic heterocycles. The van der Waals surface area contributed by atoms with Gasteiger partial charge in [0.2, 0.25) is 0 Å². The molecule has 0 atom stereocenters. The Hall–Kier alpha value is -4.47. The fourth-order valence-electron chi connectivity index (χ4n) is 4.99. The van der Waals surface area contributed by atoms with Crippen LogP contribution < -0.4 is 11.0 Å².